The van der Waals surface area contributed by atoms with Gasteiger partial charge < -0.3 is 4.74 Å². The molecule has 0 saturated heterocycles. The van der Waals surface area contributed by atoms with Crippen molar-refractivity contribution < 1.29 is 18.3 Å². The third kappa shape index (κ3) is 3.01. The highest BCUT2D eigenvalue weighted by Gasteiger charge is 2.18. The molecule has 0 bridgehead atoms. The molecule has 0 spiro atoms. The summed E-state index contributed by atoms with van der Waals surface area (Å²) in [6.07, 6.45) is -2.65. The molecule has 5 heteroatoms. The third-order valence-corrected chi connectivity index (χ3v) is 2.77. The van der Waals surface area contributed by atoms with Gasteiger partial charge >= 0.3 is 0 Å². The van der Waals surface area contributed by atoms with Gasteiger partial charge in [-0.15, -0.1) is 0 Å². The van der Waals surface area contributed by atoms with Gasteiger partial charge in [0.1, 0.15) is 11.5 Å². The van der Waals surface area contributed by atoms with Crippen molar-refractivity contribution >= 4 is 21.7 Å². The summed E-state index contributed by atoms with van der Waals surface area (Å²) in [5.41, 5.74) is 0.123. The van der Waals surface area contributed by atoms with E-state index in [1.54, 1.807) is 6.07 Å². The average Bonchev–Trinajstić information content (AvgIpc) is 2.28. The summed E-state index contributed by atoms with van der Waals surface area (Å²) in [4.78, 5) is 11.3. The molecule has 0 amide bonds. The molecule has 0 saturated carbocycles. The summed E-state index contributed by atoms with van der Waals surface area (Å²) in [6.45, 7) is 0. The highest BCUT2D eigenvalue weighted by atomic mass is 79.9. The normalized spacial score (nSPS) is 10.6. The minimum Gasteiger partial charge on any atom is -0.496 e. The molecule has 88 valence electrons. The number of hydrogen-bond acceptors (Lipinski definition) is 2. The van der Waals surface area contributed by atoms with E-state index in [4.69, 9.17) is 4.74 Å². The molecule has 1 aromatic rings. The van der Waals surface area contributed by atoms with Crippen LogP contribution in [0.3, 0.4) is 0 Å². The summed E-state index contributed by atoms with van der Waals surface area (Å²) in [7, 11) is 1.40. The first-order valence-electron chi connectivity index (χ1n) is 4.61. The maximum absolute atomic E-state index is 12.7. The quantitative estimate of drug-likeness (QED) is 0.780. The zero-order valence-electron chi connectivity index (χ0n) is 8.67. The fraction of sp³-hybridized carbons (Fsp3) is 0.364. The van der Waals surface area contributed by atoms with Crippen LogP contribution in [0.25, 0.3) is 0 Å². The number of halogens is 3. The van der Waals surface area contributed by atoms with E-state index in [1.165, 1.54) is 19.2 Å². The lowest BCUT2D eigenvalue weighted by Crippen LogP contribution is -2.08. The summed E-state index contributed by atoms with van der Waals surface area (Å²) in [5, 5.41) is 0.147. The molecule has 2 nitrogen and oxygen atoms in total. The zero-order valence-corrected chi connectivity index (χ0v) is 10.3. The molecule has 0 aliphatic heterocycles. The Labute approximate surface area is 101 Å². The molecule has 0 radical (unpaired) electrons. The predicted molar refractivity (Wildman–Crippen MR) is 60.5 cm³/mol. The van der Waals surface area contributed by atoms with Crippen molar-refractivity contribution in [2.75, 3.05) is 12.4 Å². The van der Waals surface area contributed by atoms with Crippen LogP contribution in [-0.4, -0.2) is 18.2 Å². The number of rotatable bonds is 5. The highest BCUT2D eigenvalue weighted by Crippen LogP contribution is 2.30. The number of Topliss-reactive ketones (excluding diaryl/α,β-unsaturated/α-hetero) is 1. The second-order valence-electron chi connectivity index (χ2n) is 3.18. The minimum absolute atomic E-state index is 0.0467. The van der Waals surface area contributed by atoms with Crippen molar-refractivity contribution in [2.24, 2.45) is 0 Å². The van der Waals surface area contributed by atoms with Crippen LogP contribution in [-0.2, 0) is 11.2 Å². The highest BCUT2D eigenvalue weighted by molar-refractivity contribution is 9.09. The third-order valence-electron chi connectivity index (χ3n) is 2.15. The number of methoxy groups -OCH3 is 1. The second kappa shape index (κ2) is 5.94. The van der Waals surface area contributed by atoms with E-state index in [2.05, 4.69) is 15.9 Å². The number of ether oxygens (including phenoxy) is 1. The van der Waals surface area contributed by atoms with Crippen LogP contribution >= 0.6 is 15.9 Å². The monoisotopic (exact) mass is 292 g/mol. The zero-order chi connectivity index (χ0) is 12.1. The Hall–Kier alpha value is -0.970. The molecule has 1 aromatic carbocycles. The lowest BCUT2D eigenvalue weighted by Gasteiger charge is -2.12. The largest absolute Gasteiger partial charge is 0.496 e. The first-order valence-corrected chi connectivity index (χ1v) is 5.74. The summed E-state index contributed by atoms with van der Waals surface area (Å²) in [5.74, 6) is 0.165. The van der Waals surface area contributed by atoms with Gasteiger partial charge in [0.05, 0.1) is 12.4 Å². The lowest BCUT2D eigenvalue weighted by molar-refractivity contribution is -0.115. The maximum Gasteiger partial charge on any atom is 0.264 e. The topological polar surface area (TPSA) is 26.3 Å². The van der Waals surface area contributed by atoms with Gasteiger partial charge in [-0.3, -0.25) is 4.79 Å². The molecule has 0 N–H and O–H groups in total. The van der Waals surface area contributed by atoms with Crippen molar-refractivity contribution in [3.05, 3.63) is 29.3 Å². The van der Waals surface area contributed by atoms with Crippen LogP contribution < -0.4 is 4.74 Å². The van der Waals surface area contributed by atoms with Crippen LogP contribution in [0.15, 0.2) is 18.2 Å². The number of benzene rings is 1. The molecule has 0 aliphatic carbocycles. The van der Waals surface area contributed by atoms with Crippen molar-refractivity contribution in [3.8, 4) is 5.75 Å². The van der Waals surface area contributed by atoms with Crippen LogP contribution in [0.5, 0.6) is 5.75 Å². The SMILES string of the molecule is COc1cccc(C(F)F)c1CC(=O)CBr. The smallest absolute Gasteiger partial charge is 0.264 e. The van der Waals surface area contributed by atoms with Gasteiger partial charge in [-0.1, -0.05) is 28.1 Å². The van der Waals surface area contributed by atoms with E-state index < -0.39 is 6.43 Å². The van der Waals surface area contributed by atoms with Gasteiger partial charge in [-0.2, -0.15) is 0 Å². The lowest BCUT2D eigenvalue weighted by atomic mass is 10.0. The summed E-state index contributed by atoms with van der Waals surface area (Å²) < 4.78 is 30.4. The van der Waals surface area contributed by atoms with Gasteiger partial charge in [0.2, 0.25) is 0 Å². The maximum atomic E-state index is 12.7. The molecule has 0 fully saturated rings. The average molecular weight is 293 g/mol. The predicted octanol–water partition coefficient (Wildman–Crippen LogP) is 3.14. The van der Waals surface area contributed by atoms with Crippen molar-refractivity contribution in [2.45, 2.75) is 12.8 Å². The van der Waals surface area contributed by atoms with Gasteiger partial charge in [-0.05, 0) is 6.07 Å². The number of alkyl halides is 3. The number of carbonyl (C=O) groups excluding carboxylic acids is 1. The van der Waals surface area contributed by atoms with E-state index in [0.717, 1.165) is 0 Å². The van der Waals surface area contributed by atoms with Crippen molar-refractivity contribution in [1.82, 2.24) is 0 Å². The van der Waals surface area contributed by atoms with Crippen molar-refractivity contribution in [1.29, 1.82) is 0 Å². The Balaban J connectivity index is 3.14. The molecule has 0 unspecified atom stereocenters. The standard InChI is InChI=1S/C11H11BrF2O2/c1-16-10-4-2-3-8(11(13)14)9(10)5-7(15)6-12/h2-4,11H,5-6H2,1H3. The van der Waals surface area contributed by atoms with Gasteiger partial charge in [-0.25, -0.2) is 8.78 Å². The molecular weight excluding hydrogens is 282 g/mol. The number of ketones is 1. The van der Waals surface area contributed by atoms with Crippen LogP contribution in [0.1, 0.15) is 17.6 Å². The van der Waals surface area contributed by atoms with Gasteiger partial charge in [0.15, 0.2) is 0 Å². The van der Waals surface area contributed by atoms with E-state index in [1.807, 2.05) is 0 Å². The first-order chi connectivity index (χ1) is 7.60. The number of hydrogen-bond donors (Lipinski definition) is 0. The molecule has 0 atom stereocenters. The van der Waals surface area contributed by atoms with Crippen LogP contribution in [0, 0.1) is 0 Å². The molecule has 16 heavy (non-hydrogen) atoms. The molecule has 0 heterocycles. The Kier molecular flexibility index (Phi) is 4.86. The second-order valence-corrected chi connectivity index (χ2v) is 3.74. The molecule has 0 aliphatic rings. The van der Waals surface area contributed by atoms with Crippen molar-refractivity contribution in [3.63, 3.8) is 0 Å². The fourth-order valence-electron chi connectivity index (χ4n) is 1.41. The Morgan fingerprint density at radius 2 is 2.19 bits per heavy atom. The van der Waals surface area contributed by atoms with Gasteiger partial charge in [0, 0.05) is 17.5 Å². The Bertz CT molecular complexity index is 380. The number of carbonyl (C=O) groups is 1. The Morgan fingerprint density at radius 3 is 2.69 bits per heavy atom. The first kappa shape index (κ1) is 13.1. The molecular formula is C11H11BrF2O2. The molecule has 0 aromatic heterocycles. The van der Waals surface area contributed by atoms with Gasteiger partial charge in [0.25, 0.3) is 6.43 Å². The fourth-order valence-corrected chi connectivity index (χ4v) is 1.61. The minimum atomic E-state index is -2.60. The van der Waals surface area contributed by atoms with Crippen LogP contribution in [0.4, 0.5) is 8.78 Å². The van der Waals surface area contributed by atoms with E-state index in [9.17, 15) is 13.6 Å². The van der Waals surface area contributed by atoms with Crippen LogP contribution in [0.2, 0.25) is 0 Å². The Morgan fingerprint density at radius 1 is 1.50 bits per heavy atom. The van der Waals surface area contributed by atoms with E-state index in [-0.39, 0.29) is 28.7 Å². The molecule has 1 rings (SSSR count). The summed E-state index contributed by atoms with van der Waals surface area (Å²) in [6, 6.07) is 4.37. The summed E-state index contributed by atoms with van der Waals surface area (Å²) >= 11 is 3.00. The van der Waals surface area contributed by atoms with E-state index in [0.29, 0.717) is 5.75 Å². The van der Waals surface area contributed by atoms with E-state index >= 15 is 0 Å².